The average molecular weight is 256 g/mol. The van der Waals surface area contributed by atoms with Crippen LogP contribution in [0.25, 0.3) is 0 Å². The number of anilines is 1. The molecule has 0 unspecified atom stereocenters. The molecule has 3 heteroatoms. The number of carbonyl (C=O) groups excluding carboxylic acids is 1. The van der Waals surface area contributed by atoms with Crippen LogP contribution in [0.5, 0.6) is 0 Å². The van der Waals surface area contributed by atoms with E-state index in [1.54, 1.807) is 0 Å². The summed E-state index contributed by atoms with van der Waals surface area (Å²) < 4.78 is 0.858. The van der Waals surface area contributed by atoms with Gasteiger partial charge in [0.25, 0.3) is 0 Å². The third-order valence-electron chi connectivity index (χ3n) is 2.24. The predicted molar refractivity (Wildman–Crippen MR) is 63.1 cm³/mol. The molecule has 0 fully saturated rings. The molecule has 0 spiro atoms. The Morgan fingerprint density at radius 1 is 1.36 bits per heavy atom. The van der Waals surface area contributed by atoms with Gasteiger partial charge in [0.15, 0.2) is 6.29 Å². The van der Waals surface area contributed by atoms with E-state index in [9.17, 15) is 4.79 Å². The molecule has 14 heavy (non-hydrogen) atoms. The largest absolute Gasteiger partial charge is 0.372 e. The lowest BCUT2D eigenvalue weighted by Crippen LogP contribution is -2.21. The van der Waals surface area contributed by atoms with Crippen LogP contribution < -0.4 is 4.90 Å². The standard InChI is InChI=1S/C11H14BrNO/c1-3-13(4-2)10-6-5-9(8-14)11(12)7-10/h5-8H,3-4H2,1-2H3. The van der Waals surface area contributed by atoms with Gasteiger partial charge in [-0.05, 0) is 48.0 Å². The predicted octanol–water partition coefficient (Wildman–Crippen LogP) is 3.11. The summed E-state index contributed by atoms with van der Waals surface area (Å²) in [7, 11) is 0. The molecule has 0 aliphatic heterocycles. The number of carbonyl (C=O) groups is 1. The van der Waals surface area contributed by atoms with E-state index >= 15 is 0 Å². The van der Waals surface area contributed by atoms with E-state index in [4.69, 9.17) is 0 Å². The number of aldehydes is 1. The van der Waals surface area contributed by atoms with Gasteiger partial charge in [0.2, 0.25) is 0 Å². The molecule has 0 radical (unpaired) electrons. The molecular formula is C11H14BrNO. The van der Waals surface area contributed by atoms with E-state index in [1.165, 1.54) is 0 Å². The maximum absolute atomic E-state index is 10.6. The zero-order chi connectivity index (χ0) is 10.6. The van der Waals surface area contributed by atoms with E-state index in [-0.39, 0.29) is 0 Å². The molecule has 1 aromatic rings. The third-order valence-corrected chi connectivity index (χ3v) is 2.93. The first-order chi connectivity index (χ1) is 6.72. The van der Waals surface area contributed by atoms with Gasteiger partial charge in [0.1, 0.15) is 0 Å². The number of rotatable bonds is 4. The van der Waals surface area contributed by atoms with Gasteiger partial charge in [-0.2, -0.15) is 0 Å². The van der Waals surface area contributed by atoms with Crippen molar-refractivity contribution < 1.29 is 4.79 Å². The lowest BCUT2D eigenvalue weighted by atomic mass is 10.2. The van der Waals surface area contributed by atoms with Crippen LogP contribution in [0.15, 0.2) is 22.7 Å². The summed E-state index contributed by atoms with van der Waals surface area (Å²) >= 11 is 3.38. The summed E-state index contributed by atoms with van der Waals surface area (Å²) in [6, 6.07) is 5.79. The van der Waals surface area contributed by atoms with Crippen molar-refractivity contribution in [3.63, 3.8) is 0 Å². The molecule has 0 aliphatic rings. The lowest BCUT2D eigenvalue weighted by Gasteiger charge is -2.21. The Bertz CT molecular complexity index is 321. The molecule has 76 valence electrons. The first-order valence-electron chi connectivity index (χ1n) is 4.72. The smallest absolute Gasteiger partial charge is 0.151 e. The Balaban J connectivity index is 3.00. The Hall–Kier alpha value is -0.830. The minimum atomic E-state index is 0.695. The van der Waals surface area contributed by atoms with Crippen molar-refractivity contribution in [1.82, 2.24) is 0 Å². The Labute approximate surface area is 93.0 Å². The second-order valence-corrected chi connectivity index (χ2v) is 3.85. The summed E-state index contributed by atoms with van der Waals surface area (Å²) in [6.45, 7) is 6.18. The first-order valence-corrected chi connectivity index (χ1v) is 5.51. The van der Waals surface area contributed by atoms with Crippen molar-refractivity contribution in [2.45, 2.75) is 13.8 Å². The molecule has 0 saturated heterocycles. The molecule has 0 N–H and O–H groups in total. The van der Waals surface area contributed by atoms with Crippen LogP contribution in [0.3, 0.4) is 0 Å². The highest BCUT2D eigenvalue weighted by Gasteiger charge is 2.04. The van der Waals surface area contributed by atoms with Crippen molar-refractivity contribution in [1.29, 1.82) is 0 Å². The summed E-state index contributed by atoms with van der Waals surface area (Å²) in [5.41, 5.74) is 1.84. The topological polar surface area (TPSA) is 20.3 Å². The summed E-state index contributed by atoms with van der Waals surface area (Å²) in [6.07, 6.45) is 0.857. The molecule has 1 aromatic carbocycles. The van der Waals surface area contributed by atoms with Crippen LogP contribution in [-0.4, -0.2) is 19.4 Å². The maximum atomic E-state index is 10.6. The average Bonchev–Trinajstić information content (AvgIpc) is 2.20. The van der Waals surface area contributed by atoms with Gasteiger partial charge in [-0.1, -0.05) is 0 Å². The minimum absolute atomic E-state index is 0.695. The first kappa shape index (κ1) is 11.2. The molecule has 0 amide bonds. The Kier molecular flexibility index (Phi) is 4.14. The van der Waals surface area contributed by atoms with Crippen LogP contribution in [0.4, 0.5) is 5.69 Å². The van der Waals surface area contributed by atoms with Gasteiger partial charge < -0.3 is 4.90 Å². The zero-order valence-corrected chi connectivity index (χ0v) is 10.0. The van der Waals surface area contributed by atoms with Crippen LogP contribution >= 0.6 is 15.9 Å². The van der Waals surface area contributed by atoms with Crippen molar-refractivity contribution in [3.8, 4) is 0 Å². The molecular weight excluding hydrogens is 242 g/mol. The van der Waals surface area contributed by atoms with Crippen molar-refractivity contribution in [2.75, 3.05) is 18.0 Å². The summed E-state index contributed by atoms with van der Waals surface area (Å²) in [4.78, 5) is 12.8. The van der Waals surface area contributed by atoms with Gasteiger partial charge in [-0.15, -0.1) is 0 Å². The molecule has 2 nitrogen and oxygen atoms in total. The number of hydrogen-bond donors (Lipinski definition) is 0. The van der Waals surface area contributed by atoms with E-state index in [0.717, 1.165) is 29.5 Å². The highest BCUT2D eigenvalue weighted by molar-refractivity contribution is 9.10. The number of benzene rings is 1. The molecule has 0 atom stereocenters. The Morgan fingerprint density at radius 2 is 2.00 bits per heavy atom. The van der Waals surface area contributed by atoms with Gasteiger partial charge in [-0.3, -0.25) is 4.79 Å². The van der Waals surface area contributed by atoms with Crippen LogP contribution in [-0.2, 0) is 0 Å². The second kappa shape index (κ2) is 5.15. The molecule has 0 bridgehead atoms. The van der Waals surface area contributed by atoms with Crippen LogP contribution in [0.1, 0.15) is 24.2 Å². The highest BCUT2D eigenvalue weighted by Crippen LogP contribution is 2.22. The van der Waals surface area contributed by atoms with Crippen LogP contribution in [0.2, 0.25) is 0 Å². The quantitative estimate of drug-likeness (QED) is 0.771. The number of nitrogens with zero attached hydrogens (tertiary/aromatic N) is 1. The monoisotopic (exact) mass is 255 g/mol. The zero-order valence-electron chi connectivity index (χ0n) is 8.46. The molecule has 0 aliphatic carbocycles. The van der Waals surface area contributed by atoms with Gasteiger partial charge in [0.05, 0.1) is 0 Å². The molecule has 0 aromatic heterocycles. The fourth-order valence-corrected chi connectivity index (χ4v) is 1.86. The second-order valence-electron chi connectivity index (χ2n) is 3.00. The van der Waals surface area contributed by atoms with E-state index < -0.39 is 0 Å². The van der Waals surface area contributed by atoms with Crippen LogP contribution in [0, 0.1) is 0 Å². The fraction of sp³-hybridized carbons (Fsp3) is 0.364. The number of hydrogen-bond acceptors (Lipinski definition) is 2. The molecule has 0 saturated carbocycles. The molecule has 0 heterocycles. The minimum Gasteiger partial charge on any atom is -0.372 e. The third kappa shape index (κ3) is 2.35. The van der Waals surface area contributed by atoms with E-state index in [1.807, 2.05) is 18.2 Å². The lowest BCUT2D eigenvalue weighted by molar-refractivity contribution is 0.112. The Morgan fingerprint density at radius 3 is 2.43 bits per heavy atom. The maximum Gasteiger partial charge on any atom is 0.151 e. The van der Waals surface area contributed by atoms with Gasteiger partial charge >= 0.3 is 0 Å². The van der Waals surface area contributed by atoms with Gasteiger partial charge in [0, 0.05) is 28.8 Å². The SMILES string of the molecule is CCN(CC)c1ccc(C=O)c(Br)c1. The van der Waals surface area contributed by atoms with Crippen molar-refractivity contribution in [3.05, 3.63) is 28.2 Å². The van der Waals surface area contributed by atoms with Crippen molar-refractivity contribution in [2.24, 2.45) is 0 Å². The number of halogens is 1. The molecule has 1 rings (SSSR count). The fourth-order valence-electron chi connectivity index (χ4n) is 1.40. The van der Waals surface area contributed by atoms with Crippen molar-refractivity contribution >= 4 is 27.9 Å². The summed E-state index contributed by atoms with van der Waals surface area (Å²) in [5, 5.41) is 0. The normalized spacial score (nSPS) is 9.93. The van der Waals surface area contributed by atoms with E-state index in [0.29, 0.717) is 5.56 Å². The summed E-state index contributed by atoms with van der Waals surface area (Å²) in [5.74, 6) is 0. The van der Waals surface area contributed by atoms with Gasteiger partial charge in [-0.25, -0.2) is 0 Å². The van der Waals surface area contributed by atoms with E-state index in [2.05, 4.69) is 34.7 Å². The highest BCUT2D eigenvalue weighted by atomic mass is 79.9.